The molecule has 2 nitrogen and oxygen atoms in total. The lowest BCUT2D eigenvalue weighted by Gasteiger charge is -2.11. The molecular weight excluding hydrogens is 198 g/mol. The van der Waals surface area contributed by atoms with Crippen molar-refractivity contribution in [3.8, 4) is 6.07 Å². The predicted molar refractivity (Wildman–Crippen MR) is 52.9 cm³/mol. The Kier molecular flexibility index (Phi) is 2.05. The summed E-state index contributed by atoms with van der Waals surface area (Å²) >= 11 is 5.55. The van der Waals surface area contributed by atoms with Crippen LogP contribution in [-0.2, 0) is 10.2 Å². The largest absolute Gasteiger partial charge is 0.280 e. The average Bonchev–Trinajstić information content (AvgIpc) is 2.98. The minimum absolute atomic E-state index is 0.347. The third kappa shape index (κ3) is 1.21. The fourth-order valence-electron chi connectivity index (χ4n) is 1.69. The summed E-state index contributed by atoms with van der Waals surface area (Å²) in [6, 6.07) is 9.23. The van der Waals surface area contributed by atoms with Crippen LogP contribution in [0.3, 0.4) is 0 Å². The minimum atomic E-state index is -0.562. The van der Waals surface area contributed by atoms with Crippen molar-refractivity contribution in [1.29, 1.82) is 5.26 Å². The van der Waals surface area contributed by atoms with Gasteiger partial charge in [0.05, 0.1) is 17.0 Å². The maximum atomic E-state index is 11.3. The van der Waals surface area contributed by atoms with E-state index >= 15 is 0 Å². The van der Waals surface area contributed by atoms with Gasteiger partial charge in [-0.3, -0.25) is 4.79 Å². The first-order valence-corrected chi connectivity index (χ1v) is 4.78. The molecule has 0 unspecified atom stereocenters. The molecule has 14 heavy (non-hydrogen) atoms. The van der Waals surface area contributed by atoms with Gasteiger partial charge < -0.3 is 0 Å². The molecule has 0 amide bonds. The number of nitriles is 1. The molecule has 0 bridgehead atoms. The number of hydrogen-bond donors (Lipinski definition) is 0. The van der Waals surface area contributed by atoms with E-state index in [-0.39, 0.29) is 5.24 Å². The maximum Gasteiger partial charge on any atom is 0.232 e. The highest BCUT2D eigenvalue weighted by molar-refractivity contribution is 6.66. The molecule has 1 fully saturated rings. The Morgan fingerprint density at radius 2 is 2.07 bits per heavy atom. The lowest BCUT2D eigenvalue weighted by molar-refractivity contribution is -0.113. The van der Waals surface area contributed by atoms with Crippen molar-refractivity contribution < 1.29 is 4.79 Å². The first-order valence-electron chi connectivity index (χ1n) is 4.40. The van der Waals surface area contributed by atoms with E-state index in [2.05, 4.69) is 6.07 Å². The molecule has 70 valence electrons. The van der Waals surface area contributed by atoms with E-state index in [1.54, 1.807) is 12.1 Å². The Hall–Kier alpha value is -1.33. The summed E-state index contributed by atoms with van der Waals surface area (Å²) in [5.74, 6) is 0. The highest BCUT2D eigenvalue weighted by Gasteiger charge is 2.51. The van der Waals surface area contributed by atoms with Crippen molar-refractivity contribution in [3.05, 3.63) is 35.4 Å². The number of hydrogen-bond acceptors (Lipinski definition) is 2. The lowest BCUT2D eigenvalue weighted by Crippen LogP contribution is -2.16. The van der Waals surface area contributed by atoms with Crippen molar-refractivity contribution in [2.45, 2.75) is 18.3 Å². The lowest BCUT2D eigenvalue weighted by atomic mass is 9.93. The molecule has 1 aromatic rings. The van der Waals surface area contributed by atoms with Gasteiger partial charge in [-0.1, -0.05) is 18.2 Å². The van der Waals surface area contributed by atoms with Gasteiger partial charge in [0.2, 0.25) is 5.24 Å². The van der Waals surface area contributed by atoms with Gasteiger partial charge in [-0.2, -0.15) is 5.26 Å². The van der Waals surface area contributed by atoms with Crippen LogP contribution in [0.25, 0.3) is 0 Å². The van der Waals surface area contributed by atoms with Crippen LogP contribution in [0.4, 0.5) is 0 Å². The van der Waals surface area contributed by atoms with E-state index in [9.17, 15) is 4.79 Å². The molecule has 1 aliphatic carbocycles. The van der Waals surface area contributed by atoms with Crippen molar-refractivity contribution in [3.63, 3.8) is 0 Å². The second kappa shape index (κ2) is 3.11. The van der Waals surface area contributed by atoms with E-state index in [1.807, 2.05) is 12.1 Å². The monoisotopic (exact) mass is 205 g/mol. The standard InChI is InChI=1S/C11H8ClNO/c12-10(14)11(5-6-11)9-4-2-1-3-8(9)7-13/h1-4H,5-6H2. The quantitative estimate of drug-likeness (QED) is 0.696. The first kappa shape index (κ1) is 9.23. The molecule has 0 spiro atoms. The fraction of sp³-hybridized carbons (Fsp3) is 0.273. The first-order chi connectivity index (χ1) is 6.70. The van der Waals surface area contributed by atoms with Gasteiger partial charge in [-0.05, 0) is 36.1 Å². The van der Waals surface area contributed by atoms with Gasteiger partial charge in [0.25, 0.3) is 0 Å². The number of halogens is 1. The number of nitrogens with zero attached hydrogens (tertiary/aromatic N) is 1. The van der Waals surface area contributed by atoms with Crippen LogP contribution in [0.15, 0.2) is 24.3 Å². The van der Waals surface area contributed by atoms with Crippen LogP contribution in [-0.4, -0.2) is 5.24 Å². The summed E-state index contributed by atoms with van der Waals surface area (Å²) in [5.41, 5.74) is 0.773. The molecule has 0 aliphatic heterocycles. The maximum absolute atomic E-state index is 11.3. The molecule has 0 heterocycles. The highest BCUT2D eigenvalue weighted by atomic mass is 35.5. The van der Waals surface area contributed by atoms with Crippen molar-refractivity contribution in [2.75, 3.05) is 0 Å². The third-order valence-corrected chi connectivity index (χ3v) is 3.05. The Balaban J connectivity index is 2.53. The van der Waals surface area contributed by atoms with E-state index < -0.39 is 5.41 Å². The zero-order valence-corrected chi connectivity index (χ0v) is 8.21. The van der Waals surface area contributed by atoms with Gasteiger partial charge in [0.1, 0.15) is 0 Å². The van der Waals surface area contributed by atoms with Crippen LogP contribution in [0, 0.1) is 11.3 Å². The fourth-order valence-corrected chi connectivity index (χ4v) is 1.99. The summed E-state index contributed by atoms with van der Waals surface area (Å²) in [4.78, 5) is 11.3. The smallest absolute Gasteiger partial charge is 0.232 e. The summed E-state index contributed by atoms with van der Waals surface area (Å²) in [6.45, 7) is 0. The summed E-state index contributed by atoms with van der Waals surface area (Å²) < 4.78 is 0. The summed E-state index contributed by atoms with van der Waals surface area (Å²) in [6.07, 6.45) is 1.52. The second-order valence-corrected chi connectivity index (χ2v) is 3.86. The molecule has 0 saturated heterocycles. The van der Waals surface area contributed by atoms with E-state index in [0.717, 1.165) is 18.4 Å². The van der Waals surface area contributed by atoms with Gasteiger partial charge in [-0.15, -0.1) is 0 Å². The van der Waals surface area contributed by atoms with Crippen LogP contribution >= 0.6 is 11.6 Å². The Morgan fingerprint density at radius 1 is 1.43 bits per heavy atom. The van der Waals surface area contributed by atoms with Crippen molar-refractivity contribution >= 4 is 16.8 Å². The van der Waals surface area contributed by atoms with Gasteiger partial charge >= 0.3 is 0 Å². The van der Waals surface area contributed by atoms with Gasteiger partial charge in [-0.25, -0.2) is 0 Å². The molecule has 1 saturated carbocycles. The summed E-state index contributed by atoms with van der Waals surface area (Å²) in [5, 5.41) is 8.54. The Morgan fingerprint density at radius 3 is 2.57 bits per heavy atom. The molecule has 0 aromatic heterocycles. The molecule has 0 radical (unpaired) electrons. The Bertz CT molecular complexity index is 429. The second-order valence-electron chi connectivity index (χ2n) is 3.51. The average molecular weight is 206 g/mol. The van der Waals surface area contributed by atoms with Crippen LogP contribution in [0.1, 0.15) is 24.0 Å². The molecule has 1 aliphatic rings. The topological polar surface area (TPSA) is 40.9 Å². The molecule has 0 N–H and O–H groups in total. The van der Waals surface area contributed by atoms with Crippen molar-refractivity contribution in [2.24, 2.45) is 0 Å². The highest BCUT2D eigenvalue weighted by Crippen LogP contribution is 2.50. The predicted octanol–water partition coefficient (Wildman–Crippen LogP) is 2.36. The molecule has 0 atom stereocenters. The number of carbonyl (C=O) groups excluding carboxylic acids is 1. The normalized spacial score (nSPS) is 17.1. The Labute approximate surface area is 87.1 Å². The van der Waals surface area contributed by atoms with E-state index in [0.29, 0.717) is 5.56 Å². The molecule has 3 heteroatoms. The molecular formula is C11H8ClNO. The minimum Gasteiger partial charge on any atom is -0.280 e. The van der Waals surface area contributed by atoms with E-state index in [4.69, 9.17) is 16.9 Å². The SMILES string of the molecule is N#Cc1ccccc1C1(C(=O)Cl)CC1. The van der Waals surface area contributed by atoms with Crippen LogP contribution < -0.4 is 0 Å². The zero-order chi connectivity index (χ0) is 10.2. The number of rotatable bonds is 2. The van der Waals surface area contributed by atoms with Crippen LogP contribution in [0.5, 0.6) is 0 Å². The zero-order valence-electron chi connectivity index (χ0n) is 7.46. The molecule has 1 aromatic carbocycles. The summed E-state index contributed by atoms with van der Waals surface area (Å²) in [7, 11) is 0. The van der Waals surface area contributed by atoms with Crippen molar-refractivity contribution in [1.82, 2.24) is 0 Å². The van der Waals surface area contributed by atoms with E-state index in [1.165, 1.54) is 0 Å². The third-order valence-electron chi connectivity index (χ3n) is 2.69. The van der Waals surface area contributed by atoms with Crippen LogP contribution in [0.2, 0.25) is 0 Å². The molecule has 2 rings (SSSR count). The number of carbonyl (C=O) groups is 1. The van der Waals surface area contributed by atoms with Gasteiger partial charge in [0.15, 0.2) is 0 Å². The van der Waals surface area contributed by atoms with Gasteiger partial charge in [0, 0.05) is 0 Å². The number of benzene rings is 1.